The largest absolute Gasteiger partial charge is 0.351 e. The molecule has 1 aliphatic rings. The minimum atomic E-state index is -0.385. The van der Waals surface area contributed by atoms with E-state index in [1.165, 1.54) is 25.7 Å². The van der Waals surface area contributed by atoms with Gasteiger partial charge in [0.25, 0.3) is 5.91 Å². The lowest BCUT2D eigenvalue weighted by molar-refractivity contribution is -0.120. The number of nitriles is 1. The third-order valence-electron chi connectivity index (χ3n) is 3.13. The van der Waals surface area contributed by atoms with Gasteiger partial charge in [-0.2, -0.15) is 10.4 Å². The van der Waals surface area contributed by atoms with Gasteiger partial charge in [0.2, 0.25) is 0 Å². The SMILES string of the molecule is N#CCC(=O)N/N=C\c1ccn(C2CCCC2)c1. The number of nitrogens with zero attached hydrogens (tertiary/aromatic N) is 3. The fraction of sp³-hybridized carbons (Fsp3) is 0.462. The number of carbonyl (C=O) groups excluding carboxylic acids is 1. The normalized spacial score (nSPS) is 15.9. The molecule has 1 aliphatic carbocycles. The number of aromatic nitrogens is 1. The average molecular weight is 244 g/mol. The van der Waals surface area contributed by atoms with Crippen LogP contribution in [-0.2, 0) is 4.79 Å². The summed E-state index contributed by atoms with van der Waals surface area (Å²) < 4.78 is 2.21. The number of hydrogen-bond acceptors (Lipinski definition) is 3. The van der Waals surface area contributed by atoms with E-state index in [4.69, 9.17) is 5.26 Å². The number of hydrazone groups is 1. The van der Waals surface area contributed by atoms with Gasteiger partial charge in [-0.05, 0) is 18.9 Å². The predicted octanol–water partition coefficient (Wildman–Crippen LogP) is 1.97. The predicted molar refractivity (Wildman–Crippen MR) is 67.9 cm³/mol. The Balaban J connectivity index is 1.88. The van der Waals surface area contributed by atoms with Crippen LogP contribution in [0.25, 0.3) is 0 Å². The van der Waals surface area contributed by atoms with Gasteiger partial charge in [-0.25, -0.2) is 5.43 Å². The van der Waals surface area contributed by atoms with Crippen LogP contribution in [0.3, 0.4) is 0 Å². The lowest BCUT2D eigenvalue weighted by atomic mass is 10.2. The van der Waals surface area contributed by atoms with Crippen molar-refractivity contribution >= 4 is 12.1 Å². The molecule has 1 heterocycles. The van der Waals surface area contributed by atoms with Gasteiger partial charge in [-0.3, -0.25) is 4.79 Å². The molecule has 1 aromatic heterocycles. The van der Waals surface area contributed by atoms with E-state index in [0.717, 1.165) is 5.56 Å². The highest BCUT2D eigenvalue weighted by molar-refractivity contribution is 5.82. The minimum absolute atomic E-state index is 0.166. The van der Waals surface area contributed by atoms with Crippen molar-refractivity contribution in [3.63, 3.8) is 0 Å². The summed E-state index contributed by atoms with van der Waals surface area (Å²) in [5.74, 6) is -0.385. The highest BCUT2D eigenvalue weighted by atomic mass is 16.2. The highest BCUT2D eigenvalue weighted by Gasteiger charge is 2.15. The summed E-state index contributed by atoms with van der Waals surface area (Å²) in [6.45, 7) is 0. The van der Waals surface area contributed by atoms with Crippen molar-refractivity contribution in [1.29, 1.82) is 5.26 Å². The van der Waals surface area contributed by atoms with Gasteiger partial charge < -0.3 is 4.57 Å². The zero-order chi connectivity index (χ0) is 12.8. The summed E-state index contributed by atoms with van der Waals surface area (Å²) in [6, 6.07) is 4.35. The molecule has 1 N–H and O–H groups in total. The van der Waals surface area contributed by atoms with Crippen LogP contribution in [0.15, 0.2) is 23.6 Å². The first kappa shape index (κ1) is 12.4. The van der Waals surface area contributed by atoms with Crippen molar-refractivity contribution < 1.29 is 4.79 Å². The van der Waals surface area contributed by atoms with E-state index in [1.54, 1.807) is 12.3 Å². The van der Waals surface area contributed by atoms with Gasteiger partial charge >= 0.3 is 0 Å². The van der Waals surface area contributed by atoms with Gasteiger partial charge in [-0.15, -0.1) is 0 Å². The standard InChI is InChI=1S/C13H16N4O/c14-7-5-13(18)16-15-9-11-6-8-17(10-11)12-3-1-2-4-12/h6,8-10,12H,1-5H2,(H,16,18)/b15-9-. The van der Waals surface area contributed by atoms with Crippen LogP contribution in [0.4, 0.5) is 0 Å². The maximum absolute atomic E-state index is 11.0. The monoisotopic (exact) mass is 244 g/mol. The Labute approximate surface area is 106 Å². The van der Waals surface area contributed by atoms with Crippen LogP contribution in [0, 0.1) is 11.3 Å². The molecule has 0 radical (unpaired) electrons. The molecule has 94 valence electrons. The molecule has 1 amide bonds. The summed E-state index contributed by atoms with van der Waals surface area (Å²) in [5.41, 5.74) is 3.27. The second kappa shape index (κ2) is 6.01. The Hall–Kier alpha value is -2.09. The second-order valence-electron chi connectivity index (χ2n) is 4.46. The van der Waals surface area contributed by atoms with Crippen LogP contribution in [0.1, 0.15) is 43.7 Å². The first-order chi connectivity index (χ1) is 8.79. The van der Waals surface area contributed by atoms with Crippen molar-refractivity contribution in [2.24, 2.45) is 5.10 Å². The van der Waals surface area contributed by atoms with Crippen molar-refractivity contribution in [2.45, 2.75) is 38.1 Å². The molecule has 0 spiro atoms. The van der Waals surface area contributed by atoms with Gasteiger partial charge in [0.1, 0.15) is 6.42 Å². The third kappa shape index (κ3) is 3.20. The van der Waals surface area contributed by atoms with E-state index in [1.807, 2.05) is 12.3 Å². The van der Waals surface area contributed by atoms with Gasteiger partial charge in [0, 0.05) is 24.0 Å². The number of nitrogens with one attached hydrogen (secondary N) is 1. The molecule has 18 heavy (non-hydrogen) atoms. The lowest BCUT2D eigenvalue weighted by Gasteiger charge is -2.10. The maximum atomic E-state index is 11.0. The molecule has 1 saturated carbocycles. The second-order valence-corrected chi connectivity index (χ2v) is 4.46. The van der Waals surface area contributed by atoms with Crippen LogP contribution in [0.5, 0.6) is 0 Å². The topological polar surface area (TPSA) is 70.2 Å². The Morgan fingerprint density at radius 2 is 2.39 bits per heavy atom. The maximum Gasteiger partial charge on any atom is 0.254 e. The molecule has 0 atom stereocenters. The van der Waals surface area contributed by atoms with E-state index < -0.39 is 0 Å². The van der Waals surface area contributed by atoms with Crippen molar-refractivity contribution in [1.82, 2.24) is 9.99 Å². The minimum Gasteiger partial charge on any atom is -0.351 e. The molecule has 1 aromatic rings. The number of rotatable bonds is 4. The molecular formula is C13H16N4O. The molecule has 2 rings (SSSR count). The fourth-order valence-electron chi connectivity index (χ4n) is 2.23. The molecule has 0 unspecified atom stereocenters. The zero-order valence-electron chi connectivity index (χ0n) is 10.2. The molecule has 1 fully saturated rings. The van der Waals surface area contributed by atoms with E-state index in [0.29, 0.717) is 6.04 Å². The molecule has 0 bridgehead atoms. The van der Waals surface area contributed by atoms with Crippen LogP contribution < -0.4 is 5.43 Å². The van der Waals surface area contributed by atoms with E-state index >= 15 is 0 Å². The Kier molecular flexibility index (Phi) is 4.13. The van der Waals surface area contributed by atoms with Gasteiger partial charge in [-0.1, -0.05) is 12.8 Å². The van der Waals surface area contributed by atoms with Gasteiger partial charge in [0.05, 0.1) is 12.3 Å². The molecule has 0 aromatic carbocycles. The summed E-state index contributed by atoms with van der Waals surface area (Å²) in [7, 11) is 0. The van der Waals surface area contributed by atoms with Crippen molar-refractivity contribution in [2.75, 3.05) is 0 Å². The Morgan fingerprint density at radius 1 is 1.61 bits per heavy atom. The third-order valence-corrected chi connectivity index (χ3v) is 3.13. The Bertz CT molecular complexity index is 477. The van der Waals surface area contributed by atoms with E-state index in [2.05, 4.69) is 21.3 Å². The molecule has 5 heteroatoms. The Morgan fingerprint density at radius 3 is 3.11 bits per heavy atom. The number of hydrogen-bond donors (Lipinski definition) is 1. The molecule has 5 nitrogen and oxygen atoms in total. The summed E-state index contributed by atoms with van der Waals surface area (Å²) in [4.78, 5) is 11.0. The highest BCUT2D eigenvalue weighted by Crippen LogP contribution is 2.29. The lowest BCUT2D eigenvalue weighted by Crippen LogP contribution is -2.16. The van der Waals surface area contributed by atoms with Crippen LogP contribution in [-0.4, -0.2) is 16.7 Å². The molecule has 0 saturated heterocycles. The molecule has 0 aliphatic heterocycles. The first-order valence-corrected chi connectivity index (χ1v) is 6.16. The van der Waals surface area contributed by atoms with Crippen LogP contribution >= 0.6 is 0 Å². The van der Waals surface area contributed by atoms with Crippen LogP contribution in [0.2, 0.25) is 0 Å². The summed E-state index contributed by atoms with van der Waals surface area (Å²) in [6.07, 6.45) is 10.6. The van der Waals surface area contributed by atoms with Crippen molar-refractivity contribution in [3.05, 3.63) is 24.0 Å². The van der Waals surface area contributed by atoms with Gasteiger partial charge in [0.15, 0.2) is 0 Å². The van der Waals surface area contributed by atoms with E-state index in [9.17, 15) is 4.79 Å². The number of amides is 1. The molecular weight excluding hydrogens is 228 g/mol. The summed E-state index contributed by atoms with van der Waals surface area (Å²) >= 11 is 0. The van der Waals surface area contributed by atoms with Crippen molar-refractivity contribution in [3.8, 4) is 6.07 Å². The van der Waals surface area contributed by atoms with E-state index in [-0.39, 0.29) is 12.3 Å². The zero-order valence-corrected chi connectivity index (χ0v) is 10.2. The first-order valence-electron chi connectivity index (χ1n) is 6.16. The number of carbonyl (C=O) groups is 1. The fourth-order valence-corrected chi connectivity index (χ4v) is 2.23. The average Bonchev–Trinajstić information content (AvgIpc) is 2.99. The quantitative estimate of drug-likeness (QED) is 0.649. The smallest absolute Gasteiger partial charge is 0.254 e. The summed E-state index contributed by atoms with van der Waals surface area (Å²) in [5, 5.41) is 12.1.